The lowest BCUT2D eigenvalue weighted by atomic mass is 10.3. The third-order valence-electron chi connectivity index (χ3n) is 2.63. The summed E-state index contributed by atoms with van der Waals surface area (Å²) in [7, 11) is -3.37. The van der Waals surface area contributed by atoms with Gasteiger partial charge in [-0.15, -0.1) is 11.8 Å². The molecule has 21 heavy (non-hydrogen) atoms. The molecule has 0 aliphatic rings. The number of benzene rings is 1. The van der Waals surface area contributed by atoms with E-state index in [1.165, 1.54) is 18.0 Å². The molecule has 2 rings (SSSR count). The molecule has 1 heterocycles. The third kappa shape index (κ3) is 5.28. The summed E-state index contributed by atoms with van der Waals surface area (Å²) in [5.41, 5.74) is 7.75. The van der Waals surface area contributed by atoms with Crippen LogP contribution in [0.4, 0.5) is 11.4 Å². The number of sulfonamides is 1. The van der Waals surface area contributed by atoms with Gasteiger partial charge in [-0.25, -0.2) is 8.42 Å². The van der Waals surface area contributed by atoms with Gasteiger partial charge in [0.1, 0.15) is 0 Å². The highest BCUT2D eigenvalue weighted by Crippen LogP contribution is 2.20. The van der Waals surface area contributed by atoms with Crippen molar-refractivity contribution in [1.82, 2.24) is 4.98 Å². The van der Waals surface area contributed by atoms with Crippen molar-refractivity contribution in [3.8, 4) is 0 Å². The lowest BCUT2D eigenvalue weighted by molar-refractivity contribution is 0.602. The SMILES string of the molecule is Cc1cncc(NS(=O)(=O)CCSc2cccc(N)c2)c1. The number of hydrogen-bond donors (Lipinski definition) is 2. The minimum atomic E-state index is -3.37. The van der Waals surface area contributed by atoms with Crippen LogP contribution >= 0.6 is 11.8 Å². The lowest BCUT2D eigenvalue weighted by Gasteiger charge is -2.08. The van der Waals surface area contributed by atoms with Gasteiger partial charge in [0, 0.05) is 22.5 Å². The van der Waals surface area contributed by atoms with Crippen LogP contribution in [0.3, 0.4) is 0 Å². The number of pyridine rings is 1. The summed E-state index contributed by atoms with van der Waals surface area (Å²) in [5, 5.41) is 0. The Labute approximate surface area is 129 Å². The number of nitrogen functional groups attached to an aromatic ring is 1. The summed E-state index contributed by atoms with van der Waals surface area (Å²) >= 11 is 1.46. The van der Waals surface area contributed by atoms with Crippen molar-refractivity contribution in [2.45, 2.75) is 11.8 Å². The van der Waals surface area contributed by atoms with E-state index in [0.717, 1.165) is 10.5 Å². The van der Waals surface area contributed by atoms with Gasteiger partial charge in [0.2, 0.25) is 10.0 Å². The van der Waals surface area contributed by atoms with Gasteiger partial charge in [-0.3, -0.25) is 9.71 Å². The molecule has 0 spiro atoms. The van der Waals surface area contributed by atoms with Gasteiger partial charge in [0.15, 0.2) is 0 Å². The molecule has 0 fully saturated rings. The highest BCUT2D eigenvalue weighted by molar-refractivity contribution is 8.01. The Morgan fingerprint density at radius 1 is 1.29 bits per heavy atom. The van der Waals surface area contributed by atoms with Crippen LogP contribution in [0.2, 0.25) is 0 Å². The quantitative estimate of drug-likeness (QED) is 0.630. The van der Waals surface area contributed by atoms with Crippen molar-refractivity contribution in [2.24, 2.45) is 0 Å². The molecule has 0 bridgehead atoms. The number of nitrogens with two attached hydrogens (primary N) is 1. The fraction of sp³-hybridized carbons (Fsp3) is 0.214. The number of rotatable bonds is 6. The second-order valence-corrected chi connectivity index (χ2v) is 7.60. The molecule has 5 nitrogen and oxygen atoms in total. The van der Waals surface area contributed by atoms with E-state index < -0.39 is 10.0 Å². The van der Waals surface area contributed by atoms with Crippen molar-refractivity contribution in [3.05, 3.63) is 48.3 Å². The van der Waals surface area contributed by atoms with Crippen LogP contribution in [-0.4, -0.2) is 24.9 Å². The second-order valence-electron chi connectivity index (χ2n) is 4.59. The van der Waals surface area contributed by atoms with Crippen molar-refractivity contribution in [1.29, 1.82) is 0 Å². The maximum Gasteiger partial charge on any atom is 0.233 e. The molecule has 1 aromatic heterocycles. The molecular weight excluding hydrogens is 306 g/mol. The van der Waals surface area contributed by atoms with E-state index in [1.807, 2.05) is 25.1 Å². The summed E-state index contributed by atoms with van der Waals surface area (Å²) in [6.45, 7) is 1.86. The molecule has 0 aliphatic carbocycles. The highest BCUT2D eigenvalue weighted by Gasteiger charge is 2.11. The summed E-state index contributed by atoms with van der Waals surface area (Å²) in [6.07, 6.45) is 3.17. The normalized spacial score (nSPS) is 11.3. The summed E-state index contributed by atoms with van der Waals surface area (Å²) in [6, 6.07) is 9.13. The van der Waals surface area contributed by atoms with Gasteiger partial charge < -0.3 is 5.73 Å². The van der Waals surface area contributed by atoms with Crippen LogP contribution < -0.4 is 10.5 Å². The maximum absolute atomic E-state index is 12.0. The van der Waals surface area contributed by atoms with Gasteiger partial charge in [0.05, 0.1) is 17.6 Å². The van der Waals surface area contributed by atoms with Crippen LogP contribution in [0.1, 0.15) is 5.56 Å². The fourth-order valence-corrected chi connectivity index (χ4v) is 4.13. The number of aromatic nitrogens is 1. The Balaban J connectivity index is 1.90. The molecule has 3 N–H and O–H groups in total. The Kier molecular flexibility index (Phi) is 5.08. The van der Waals surface area contributed by atoms with Crippen molar-refractivity contribution in [2.75, 3.05) is 22.0 Å². The lowest BCUT2D eigenvalue weighted by Crippen LogP contribution is -2.18. The molecular formula is C14H17N3O2S2. The standard InChI is InChI=1S/C14H17N3O2S2/c1-11-7-13(10-16-9-11)17-21(18,19)6-5-20-14-4-2-3-12(15)8-14/h2-4,7-10,17H,5-6,15H2,1H3. The van der Waals surface area contributed by atoms with Gasteiger partial charge in [-0.2, -0.15) is 0 Å². The first kappa shape index (κ1) is 15.7. The summed E-state index contributed by atoms with van der Waals surface area (Å²) in [4.78, 5) is 4.92. The van der Waals surface area contributed by atoms with E-state index in [-0.39, 0.29) is 5.75 Å². The monoisotopic (exact) mass is 323 g/mol. The van der Waals surface area contributed by atoms with E-state index >= 15 is 0 Å². The van der Waals surface area contributed by atoms with Crippen LogP contribution in [0, 0.1) is 6.92 Å². The highest BCUT2D eigenvalue weighted by atomic mass is 32.2. The minimum Gasteiger partial charge on any atom is -0.399 e. The first-order chi connectivity index (χ1) is 9.94. The molecule has 0 atom stereocenters. The van der Waals surface area contributed by atoms with E-state index in [4.69, 9.17) is 5.73 Å². The number of hydrogen-bond acceptors (Lipinski definition) is 5. The summed E-state index contributed by atoms with van der Waals surface area (Å²) in [5.74, 6) is 0.485. The number of thioether (sulfide) groups is 1. The Hall–Kier alpha value is -1.73. The van der Waals surface area contributed by atoms with Crippen molar-refractivity contribution in [3.63, 3.8) is 0 Å². The number of aryl methyl sites for hydroxylation is 1. The Morgan fingerprint density at radius 2 is 2.10 bits per heavy atom. The van der Waals surface area contributed by atoms with Gasteiger partial charge in [-0.05, 0) is 36.8 Å². The zero-order valence-corrected chi connectivity index (χ0v) is 13.2. The topological polar surface area (TPSA) is 85.1 Å². The first-order valence-corrected chi connectivity index (χ1v) is 8.99. The molecule has 0 amide bonds. The zero-order chi connectivity index (χ0) is 15.3. The van der Waals surface area contributed by atoms with Crippen molar-refractivity contribution >= 4 is 33.2 Å². The Morgan fingerprint density at radius 3 is 2.81 bits per heavy atom. The molecule has 0 radical (unpaired) electrons. The maximum atomic E-state index is 12.0. The van der Waals surface area contributed by atoms with Gasteiger partial charge in [-0.1, -0.05) is 6.07 Å². The molecule has 112 valence electrons. The molecule has 1 aromatic carbocycles. The van der Waals surface area contributed by atoms with E-state index in [0.29, 0.717) is 17.1 Å². The predicted molar refractivity (Wildman–Crippen MR) is 88.0 cm³/mol. The van der Waals surface area contributed by atoms with E-state index in [2.05, 4.69) is 9.71 Å². The van der Waals surface area contributed by atoms with E-state index in [9.17, 15) is 8.42 Å². The largest absolute Gasteiger partial charge is 0.399 e. The van der Waals surface area contributed by atoms with Crippen molar-refractivity contribution < 1.29 is 8.42 Å². The minimum absolute atomic E-state index is 0.0282. The average Bonchev–Trinajstić information content (AvgIpc) is 2.38. The molecule has 0 unspecified atom stereocenters. The smallest absolute Gasteiger partial charge is 0.233 e. The van der Waals surface area contributed by atoms with Crippen LogP contribution in [-0.2, 0) is 10.0 Å². The Bertz CT molecular complexity index is 718. The third-order valence-corrected chi connectivity index (χ3v) is 5.17. The number of nitrogens with zero attached hydrogens (tertiary/aromatic N) is 1. The molecule has 0 aliphatic heterocycles. The molecule has 2 aromatic rings. The summed E-state index contributed by atoms with van der Waals surface area (Å²) < 4.78 is 26.5. The first-order valence-electron chi connectivity index (χ1n) is 6.35. The second kappa shape index (κ2) is 6.82. The number of anilines is 2. The molecule has 0 saturated heterocycles. The van der Waals surface area contributed by atoms with Gasteiger partial charge in [0.25, 0.3) is 0 Å². The molecule has 7 heteroatoms. The average molecular weight is 323 g/mol. The van der Waals surface area contributed by atoms with Crippen LogP contribution in [0.15, 0.2) is 47.6 Å². The van der Waals surface area contributed by atoms with Crippen LogP contribution in [0.5, 0.6) is 0 Å². The zero-order valence-electron chi connectivity index (χ0n) is 11.6. The van der Waals surface area contributed by atoms with Crippen LogP contribution in [0.25, 0.3) is 0 Å². The van der Waals surface area contributed by atoms with E-state index in [1.54, 1.807) is 18.3 Å². The van der Waals surface area contributed by atoms with Gasteiger partial charge >= 0.3 is 0 Å². The molecule has 0 saturated carbocycles. The number of nitrogens with one attached hydrogen (secondary N) is 1. The predicted octanol–water partition coefficient (Wildman–Crippen LogP) is 2.51. The fourth-order valence-electron chi connectivity index (χ4n) is 1.71.